The molecule has 98 valence electrons. The van der Waals surface area contributed by atoms with E-state index in [9.17, 15) is 4.79 Å². The maximum atomic E-state index is 11.7. The van der Waals surface area contributed by atoms with Gasteiger partial charge in [-0.15, -0.1) is 0 Å². The van der Waals surface area contributed by atoms with Crippen LogP contribution in [0, 0.1) is 0 Å². The second kappa shape index (κ2) is 6.66. The number of carbonyl (C=O) groups excluding carboxylic acids is 1. The smallest absolute Gasteiger partial charge is 0.221 e. The normalized spacial score (nSPS) is 19.4. The summed E-state index contributed by atoms with van der Waals surface area (Å²) in [6, 6.07) is 7.17. The van der Waals surface area contributed by atoms with Gasteiger partial charge in [0.05, 0.1) is 0 Å². The van der Waals surface area contributed by atoms with Crippen LogP contribution in [0.25, 0.3) is 0 Å². The van der Waals surface area contributed by atoms with Gasteiger partial charge in [-0.1, -0.05) is 12.1 Å². The molecule has 18 heavy (non-hydrogen) atoms. The molecule has 1 saturated heterocycles. The molecule has 1 aromatic rings. The van der Waals surface area contributed by atoms with Gasteiger partial charge < -0.3 is 15.7 Å². The Morgan fingerprint density at radius 3 is 2.89 bits per heavy atom. The summed E-state index contributed by atoms with van der Waals surface area (Å²) in [5.41, 5.74) is 0.993. The van der Waals surface area contributed by atoms with Gasteiger partial charge in [-0.3, -0.25) is 4.79 Å². The third-order valence-electron chi connectivity index (χ3n) is 2.86. The second-order valence-electron chi connectivity index (χ2n) is 4.37. The van der Waals surface area contributed by atoms with Crippen LogP contribution < -0.4 is 10.6 Å². The lowest BCUT2D eigenvalue weighted by molar-refractivity contribution is -0.121. The lowest BCUT2D eigenvalue weighted by atomic mass is 10.2. The van der Waals surface area contributed by atoms with Crippen LogP contribution in [-0.4, -0.2) is 35.1 Å². The van der Waals surface area contributed by atoms with Crippen LogP contribution in [0.3, 0.4) is 0 Å². The third kappa shape index (κ3) is 4.23. The van der Waals surface area contributed by atoms with Gasteiger partial charge in [-0.05, 0) is 17.7 Å². The van der Waals surface area contributed by atoms with Crippen molar-refractivity contribution in [3.63, 3.8) is 0 Å². The van der Waals surface area contributed by atoms with Gasteiger partial charge in [0.15, 0.2) is 0 Å². The number of rotatable bonds is 4. The summed E-state index contributed by atoms with van der Waals surface area (Å²) < 4.78 is 0. The molecule has 2 rings (SSSR count). The summed E-state index contributed by atoms with van der Waals surface area (Å²) in [5, 5.41) is 15.4. The minimum atomic E-state index is 0.0723. The predicted molar refractivity (Wildman–Crippen MR) is 73.7 cm³/mol. The molecule has 1 aliphatic rings. The molecule has 4 nitrogen and oxygen atoms in total. The quantitative estimate of drug-likeness (QED) is 0.764. The van der Waals surface area contributed by atoms with Crippen molar-refractivity contribution >= 4 is 17.7 Å². The van der Waals surface area contributed by atoms with Gasteiger partial charge >= 0.3 is 0 Å². The van der Waals surface area contributed by atoms with E-state index in [0.717, 1.165) is 23.6 Å². The van der Waals surface area contributed by atoms with Crippen molar-refractivity contribution in [2.24, 2.45) is 0 Å². The van der Waals surface area contributed by atoms with Crippen molar-refractivity contribution in [3.05, 3.63) is 29.8 Å². The first-order chi connectivity index (χ1) is 8.74. The fourth-order valence-corrected chi connectivity index (χ4v) is 2.81. The highest BCUT2D eigenvalue weighted by molar-refractivity contribution is 7.99. The Bertz CT molecular complexity index is 388. The van der Waals surface area contributed by atoms with Gasteiger partial charge in [-0.2, -0.15) is 11.8 Å². The van der Waals surface area contributed by atoms with Crippen LogP contribution in [0.15, 0.2) is 24.3 Å². The van der Waals surface area contributed by atoms with E-state index in [0.29, 0.717) is 19.0 Å². The van der Waals surface area contributed by atoms with E-state index >= 15 is 0 Å². The molecule has 1 aliphatic heterocycles. The van der Waals surface area contributed by atoms with E-state index in [1.54, 1.807) is 12.1 Å². The molecule has 0 bridgehead atoms. The van der Waals surface area contributed by atoms with Gasteiger partial charge in [-0.25, -0.2) is 0 Å². The molecule has 1 amide bonds. The van der Waals surface area contributed by atoms with Crippen LogP contribution in [0.4, 0.5) is 0 Å². The van der Waals surface area contributed by atoms with Gasteiger partial charge in [0.25, 0.3) is 0 Å². The summed E-state index contributed by atoms with van der Waals surface area (Å²) in [6.07, 6.45) is 0.533. The monoisotopic (exact) mass is 266 g/mol. The van der Waals surface area contributed by atoms with Crippen LogP contribution in [0.1, 0.15) is 12.0 Å². The first-order valence-corrected chi connectivity index (χ1v) is 7.25. The maximum absolute atomic E-state index is 11.7. The Morgan fingerprint density at radius 2 is 2.22 bits per heavy atom. The average molecular weight is 266 g/mol. The Balaban J connectivity index is 1.72. The number of aromatic hydroxyl groups is 1. The molecule has 0 aliphatic carbocycles. The SMILES string of the molecule is O=C(CC1CSCCN1)NCc1ccc(O)cc1. The Morgan fingerprint density at radius 1 is 1.44 bits per heavy atom. The first kappa shape index (κ1) is 13.2. The summed E-state index contributed by atoms with van der Waals surface area (Å²) in [7, 11) is 0. The Kier molecular flexibility index (Phi) is 4.90. The summed E-state index contributed by atoms with van der Waals surface area (Å²) >= 11 is 1.89. The van der Waals surface area contributed by atoms with Crippen molar-refractivity contribution < 1.29 is 9.90 Å². The molecule has 1 heterocycles. The van der Waals surface area contributed by atoms with Crippen molar-refractivity contribution in [1.82, 2.24) is 10.6 Å². The van der Waals surface area contributed by atoms with Gasteiger partial charge in [0, 0.05) is 37.1 Å². The first-order valence-electron chi connectivity index (χ1n) is 6.10. The molecule has 1 unspecified atom stereocenters. The van der Waals surface area contributed by atoms with Crippen molar-refractivity contribution in [3.8, 4) is 5.75 Å². The lowest BCUT2D eigenvalue weighted by Gasteiger charge is -2.22. The van der Waals surface area contributed by atoms with Gasteiger partial charge in [0.2, 0.25) is 5.91 Å². The summed E-state index contributed by atoms with van der Waals surface area (Å²) in [6.45, 7) is 1.50. The Hall–Kier alpha value is -1.20. The van der Waals surface area contributed by atoms with Crippen LogP contribution in [0.2, 0.25) is 0 Å². The van der Waals surface area contributed by atoms with Crippen molar-refractivity contribution in [2.75, 3.05) is 18.1 Å². The highest BCUT2D eigenvalue weighted by Gasteiger charge is 2.16. The lowest BCUT2D eigenvalue weighted by Crippen LogP contribution is -2.41. The number of thioether (sulfide) groups is 1. The minimum Gasteiger partial charge on any atom is -0.508 e. The third-order valence-corrected chi connectivity index (χ3v) is 3.99. The van der Waals surface area contributed by atoms with Crippen LogP contribution in [-0.2, 0) is 11.3 Å². The van der Waals surface area contributed by atoms with E-state index in [-0.39, 0.29) is 11.7 Å². The van der Waals surface area contributed by atoms with Gasteiger partial charge in [0.1, 0.15) is 5.75 Å². The molecule has 0 spiro atoms. The number of phenolic OH excluding ortho intramolecular Hbond substituents is 1. The van der Waals surface area contributed by atoms with E-state index < -0.39 is 0 Å². The number of benzene rings is 1. The second-order valence-corrected chi connectivity index (χ2v) is 5.52. The highest BCUT2D eigenvalue weighted by atomic mass is 32.2. The average Bonchev–Trinajstić information content (AvgIpc) is 2.39. The fraction of sp³-hybridized carbons (Fsp3) is 0.462. The van der Waals surface area contributed by atoms with Crippen LogP contribution in [0.5, 0.6) is 5.75 Å². The number of phenols is 1. The number of hydrogen-bond acceptors (Lipinski definition) is 4. The molecule has 1 fully saturated rings. The molecule has 0 saturated carbocycles. The standard InChI is InChI=1S/C13H18N2O2S/c16-12-3-1-10(2-4-12)8-15-13(17)7-11-9-18-6-5-14-11/h1-4,11,14,16H,5-9H2,(H,15,17). The molecule has 1 atom stereocenters. The zero-order valence-electron chi connectivity index (χ0n) is 10.2. The Labute approximate surface area is 111 Å². The van der Waals surface area contributed by atoms with E-state index in [1.807, 2.05) is 23.9 Å². The minimum absolute atomic E-state index is 0.0723. The van der Waals surface area contributed by atoms with E-state index in [1.165, 1.54) is 0 Å². The highest BCUT2D eigenvalue weighted by Crippen LogP contribution is 2.11. The molecular formula is C13H18N2O2S. The molecule has 3 N–H and O–H groups in total. The predicted octanol–water partition coefficient (Wildman–Crippen LogP) is 1.10. The number of carbonyl (C=O) groups is 1. The van der Waals surface area contributed by atoms with E-state index in [2.05, 4.69) is 10.6 Å². The number of amides is 1. The van der Waals surface area contributed by atoms with E-state index in [4.69, 9.17) is 5.11 Å². The summed E-state index contributed by atoms with van der Waals surface area (Å²) in [5.74, 6) is 2.45. The zero-order valence-corrected chi connectivity index (χ0v) is 11.0. The molecule has 0 aromatic heterocycles. The maximum Gasteiger partial charge on any atom is 0.221 e. The molecule has 5 heteroatoms. The number of nitrogens with one attached hydrogen (secondary N) is 2. The zero-order chi connectivity index (χ0) is 12.8. The molecular weight excluding hydrogens is 248 g/mol. The largest absolute Gasteiger partial charge is 0.508 e. The van der Waals surface area contributed by atoms with Crippen molar-refractivity contribution in [2.45, 2.75) is 19.0 Å². The fourth-order valence-electron chi connectivity index (χ4n) is 1.86. The van der Waals surface area contributed by atoms with Crippen LogP contribution >= 0.6 is 11.8 Å². The number of hydrogen-bond donors (Lipinski definition) is 3. The van der Waals surface area contributed by atoms with Crippen molar-refractivity contribution in [1.29, 1.82) is 0 Å². The topological polar surface area (TPSA) is 61.4 Å². The molecule has 0 radical (unpaired) electrons. The summed E-state index contributed by atoms with van der Waals surface area (Å²) in [4.78, 5) is 11.7. The molecule has 1 aromatic carbocycles.